The maximum atomic E-state index is 10.6. The van der Waals surface area contributed by atoms with Crippen LogP contribution in [0.4, 0.5) is 5.82 Å². The highest BCUT2D eigenvalue weighted by Crippen LogP contribution is 2.38. The maximum Gasteiger partial charge on any atom is 0.322 e. The van der Waals surface area contributed by atoms with Gasteiger partial charge in [-0.1, -0.05) is 0 Å². The van der Waals surface area contributed by atoms with Crippen molar-refractivity contribution in [2.45, 2.75) is 19.3 Å². The number of anilines is 1. The Kier molecular flexibility index (Phi) is 2.44. The number of rotatable bonds is 3. The summed E-state index contributed by atoms with van der Waals surface area (Å²) in [5, 5.41) is 12.6. The van der Waals surface area contributed by atoms with Crippen LogP contribution in [-0.2, 0) is 17.6 Å². The Morgan fingerprint density at radius 1 is 1.47 bits per heavy atom. The number of carboxylic acid groups (broad SMARTS) is 1. The number of aryl methyl sites for hydroxylation is 2. The van der Waals surface area contributed by atoms with Crippen LogP contribution in [0.5, 0.6) is 0 Å². The van der Waals surface area contributed by atoms with Crippen molar-refractivity contribution in [3.63, 3.8) is 0 Å². The molecule has 2 N–H and O–H groups in total. The molecule has 0 unspecified atom stereocenters. The summed E-state index contributed by atoms with van der Waals surface area (Å²) in [6.45, 7) is -0.114. The number of nitrogens with zero attached hydrogens (tertiary/aromatic N) is 2. The van der Waals surface area contributed by atoms with Gasteiger partial charge in [-0.2, -0.15) is 0 Å². The molecular formula is C11H11N3O2S. The van der Waals surface area contributed by atoms with Gasteiger partial charge in [0, 0.05) is 4.88 Å². The molecule has 3 rings (SSSR count). The Morgan fingerprint density at radius 2 is 2.35 bits per heavy atom. The van der Waals surface area contributed by atoms with E-state index < -0.39 is 5.97 Å². The first-order chi connectivity index (χ1) is 8.25. The zero-order valence-electron chi connectivity index (χ0n) is 9.06. The molecular weight excluding hydrogens is 238 g/mol. The van der Waals surface area contributed by atoms with Crippen LogP contribution in [0.3, 0.4) is 0 Å². The fraction of sp³-hybridized carbons (Fsp3) is 0.364. The quantitative estimate of drug-likeness (QED) is 0.865. The molecule has 1 aliphatic carbocycles. The van der Waals surface area contributed by atoms with Crippen LogP contribution in [-0.4, -0.2) is 27.6 Å². The summed E-state index contributed by atoms with van der Waals surface area (Å²) in [7, 11) is 0. The number of carbonyl (C=O) groups is 1. The van der Waals surface area contributed by atoms with E-state index in [1.165, 1.54) is 23.2 Å². The van der Waals surface area contributed by atoms with Crippen LogP contribution in [0.15, 0.2) is 6.33 Å². The van der Waals surface area contributed by atoms with Crippen LogP contribution in [0.1, 0.15) is 16.9 Å². The van der Waals surface area contributed by atoms with Gasteiger partial charge in [-0.3, -0.25) is 4.79 Å². The Labute approximate surface area is 102 Å². The minimum absolute atomic E-state index is 0.114. The monoisotopic (exact) mass is 249 g/mol. The molecule has 2 aromatic heterocycles. The smallest absolute Gasteiger partial charge is 0.322 e. The Morgan fingerprint density at radius 3 is 3.18 bits per heavy atom. The first kappa shape index (κ1) is 10.5. The third-order valence-corrected chi connectivity index (χ3v) is 4.11. The van der Waals surface area contributed by atoms with E-state index in [4.69, 9.17) is 5.11 Å². The van der Waals surface area contributed by atoms with Crippen molar-refractivity contribution in [1.29, 1.82) is 0 Å². The van der Waals surface area contributed by atoms with Gasteiger partial charge in [0.2, 0.25) is 0 Å². The molecule has 0 aromatic carbocycles. The average Bonchev–Trinajstić information content (AvgIpc) is 2.85. The van der Waals surface area contributed by atoms with Gasteiger partial charge in [0.1, 0.15) is 23.5 Å². The van der Waals surface area contributed by atoms with Crippen molar-refractivity contribution in [2.24, 2.45) is 0 Å². The molecule has 0 amide bonds. The van der Waals surface area contributed by atoms with Crippen LogP contribution in [0.2, 0.25) is 0 Å². The number of hydrogen-bond donors (Lipinski definition) is 2. The topological polar surface area (TPSA) is 75.1 Å². The molecule has 5 nitrogen and oxygen atoms in total. The van der Waals surface area contributed by atoms with E-state index in [9.17, 15) is 4.79 Å². The Bertz CT molecular complexity index is 594. The van der Waals surface area contributed by atoms with Crippen molar-refractivity contribution in [3.8, 4) is 0 Å². The molecule has 0 saturated heterocycles. The van der Waals surface area contributed by atoms with Crippen molar-refractivity contribution < 1.29 is 9.90 Å². The molecule has 0 atom stereocenters. The largest absolute Gasteiger partial charge is 0.480 e. The van der Waals surface area contributed by atoms with Crippen LogP contribution in [0.25, 0.3) is 10.2 Å². The van der Waals surface area contributed by atoms with Gasteiger partial charge in [-0.15, -0.1) is 11.3 Å². The van der Waals surface area contributed by atoms with E-state index in [2.05, 4.69) is 15.3 Å². The molecule has 17 heavy (non-hydrogen) atoms. The summed E-state index contributed by atoms with van der Waals surface area (Å²) in [6.07, 6.45) is 4.81. The summed E-state index contributed by atoms with van der Waals surface area (Å²) in [6, 6.07) is 0. The normalized spacial score (nSPS) is 13.9. The highest BCUT2D eigenvalue weighted by atomic mass is 32.1. The van der Waals surface area contributed by atoms with E-state index in [1.54, 1.807) is 11.3 Å². The number of hydrogen-bond acceptors (Lipinski definition) is 5. The number of nitrogens with one attached hydrogen (secondary N) is 1. The second-order valence-electron chi connectivity index (χ2n) is 4.01. The lowest BCUT2D eigenvalue weighted by atomic mass is 10.2. The maximum absolute atomic E-state index is 10.6. The summed E-state index contributed by atoms with van der Waals surface area (Å²) in [5.74, 6) is -0.236. The second-order valence-corrected chi connectivity index (χ2v) is 5.09. The summed E-state index contributed by atoms with van der Waals surface area (Å²) in [4.78, 5) is 21.3. The minimum atomic E-state index is -0.886. The lowest BCUT2D eigenvalue weighted by Gasteiger charge is -2.04. The first-order valence-electron chi connectivity index (χ1n) is 5.46. The molecule has 1 aliphatic rings. The average molecular weight is 249 g/mol. The zero-order chi connectivity index (χ0) is 11.8. The van der Waals surface area contributed by atoms with Crippen LogP contribution >= 0.6 is 11.3 Å². The zero-order valence-corrected chi connectivity index (χ0v) is 9.88. The number of fused-ring (bicyclic) bond motifs is 3. The predicted molar refractivity (Wildman–Crippen MR) is 65.6 cm³/mol. The lowest BCUT2D eigenvalue weighted by Crippen LogP contribution is -2.13. The molecule has 6 heteroatoms. The molecule has 88 valence electrons. The minimum Gasteiger partial charge on any atom is -0.480 e. The number of thiophene rings is 1. The predicted octanol–water partition coefficient (Wildman–Crippen LogP) is 1.68. The molecule has 0 fully saturated rings. The molecule has 0 bridgehead atoms. The summed E-state index contributed by atoms with van der Waals surface area (Å²) < 4.78 is 0. The highest BCUT2D eigenvalue weighted by molar-refractivity contribution is 7.19. The van der Waals surface area contributed by atoms with Crippen molar-refractivity contribution in [1.82, 2.24) is 9.97 Å². The van der Waals surface area contributed by atoms with Crippen molar-refractivity contribution in [2.75, 3.05) is 11.9 Å². The van der Waals surface area contributed by atoms with Crippen molar-refractivity contribution >= 4 is 33.3 Å². The molecule has 0 saturated carbocycles. The fourth-order valence-corrected chi connectivity index (χ4v) is 3.45. The number of aliphatic carboxylic acids is 1. The highest BCUT2D eigenvalue weighted by Gasteiger charge is 2.21. The van der Waals surface area contributed by atoms with E-state index in [1.807, 2.05) is 0 Å². The third-order valence-electron chi connectivity index (χ3n) is 2.91. The molecule has 0 aliphatic heterocycles. The SMILES string of the molecule is O=C(O)CNc1ncnc2sc3c(c12)CCC3. The van der Waals surface area contributed by atoms with E-state index in [0.29, 0.717) is 5.82 Å². The van der Waals surface area contributed by atoms with Gasteiger partial charge < -0.3 is 10.4 Å². The Balaban J connectivity index is 2.08. The molecule has 0 spiro atoms. The van der Waals surface area contributed by atoms with Crippen LogP contribution < -0.4 is 5.32 Å². The number of carboxylic acids is 1. The van der Waals surface area contributed by atoms with E-state index in [0.717, 1.165) is 23.1 Å². The summed E-state index contributed by atoms with van der Waals surface area (Å²) in [5.41, 5.74) is 1.30. The lowest BCUT2D eigenvalue weighted by molar-refractivity contribution is -0.134. The van der Waals surface area contributed by atoms with Gasteiger partial charge in [0.05, 0.1) is 5.39 Å². The summed E-state index contributed by atoms with van der Waals surface area (Å²) >= 11 is 1.70. The van der Waals surface area contributed by atoms with Gasteiger partial charge in [0.15, 0.2) is 0 Å². The fourth-order valence-electron chi connectivity index (χ4n) is 2.22. The van der Waals surface area contributed by atoms with Crippen LogP contribution in [0, 0.1) is 0 Å². The van der Waals surface area contributed by atoms with Gasteiger partial charge >= 0.3 is 5.97 Å². The third kappa shape index (κ3) is 1.74. The first-order valence-corrected chi connectivity index (χ1v) is 6.28. The van der Waals surface area contributed by atoms with Crippen molar-refractivity contribution in [3.05, 3.63) is 16.8 Å². The van der Waals surface area contributed by atoms with E-state index in [-0.39, 0.29) is 6.54 Å². The molecule has 0 radical (unpaired) electrons. The van der Waals surface area contributed by atoms with Gasteiger partial charge in [-0.05, 0) is 24.8 Å². The van der Waals surface area contributed by atoms with Gasteiger partial charge in [0.25, 0.3) is 0 Å². The standard InChI is InChI=1S/C11H11N3O2S/c15-8(16)4-12-10-9-6-2-1-3-7(6)17-11(9)14-5-13-10/h5H,1-4H2,(H,15,16)(H,12,13,14). The molecule has 2 heterocycles. The Hall–Kier alpha value is -1.69. The second kappa shape index (κ2) is 3.96. The van der Waals surface area contributed by atoms with E-state index >= 15 is 0 Å². The molecule has 2 aromatic rings. The number of aromatic nitrogens is 2. The van der Waals surface area contributed by atoms with Gasteiger partial charge in [-0.25, -0.2) is 9.97 Å².